The fraction of sp³-hybridized carbons (Fsp3) is 0.400. The summed E-state index contributed by atoms with van der Waals surface area (Å²) in [5, 5.41) is 16.9. The molecule has 0 amide bonds. The molecule has 0 aliphatic heterocycles. The normalized spacial score (nSPS) is 11.6. The van der Waals surface area contributed by atoms with E-state index < -0.39 is 0 Å². The standard InChI is InChI=1S/C10H11N3O2S/c1-7(10(14)15-2)6-16-9-8(5-11)3-4-12-13-9/h3-4,7H,6H2,1-2H3. The zero-order valence-corrected chi connectivity index (χ0v) is 9.82. The maximum Gasteiger partial charge on any atom is 0.309 e. The quantitative estimate of drug-likeness (QED) is 0.579. The summed E-state index contributed by atoms with van der Waals surface area (Å²) in [5.41, 5.74) is 0.470. The van der Waals surface area contributed by atoms with Gasteiger partial charge in [-0.2, -0.15) is 10.4 Å². The summed E-state index contributed by atoms with van der Waals surface area (Å²) < 4.78 is 4.60. The Labute approximate surface area is 97.8 Å². The van der Waals surface area contributed by atoms with Crippen molar-refractivity contribution in [2.45, 2.75) is 11.9 Å². The van der Waals surface area contributed by atoms with E-state index in [0.29, 0.717) is 16.3 Å². The Balaban J connectivity index is 2.62. The van der Waals surface area contributed by atoms with Crippen LogP contribution in [0.2, 0.25) is 0 Å². The molecule has 0 radical (unpaired) electrons. The Morgan fingerprint density at radius 3 is 3.12 bits per heavy atom. The van der Waals surface area contributed by atoms with Crippen LogP contribution in [0.3, 0.4) is 0 Å². The molecule has 0 saturated heterocycles. The van der Waals surface area contributed by atoms with Gasteiger partial charge in [-0.25, -0.2) is 0 Å². The number of thioether (sulfide) groups is 1. The number of carbonyl (C=O) groups is 1. The van der Waals surface area contributed by atoms with Gasteiger partial charge < -0.3 is 4.74 Å². The van der Waals surface area contributed by atoms with Crippen molar-refractivity contribution in [3.05, 3.63) is 17.8 Å². The summed E-state index contributed by atoms with van der Waals surface area (Å²) in [4.78, 5) is 11.2. The molecular weight excluding hydrogens is 226 g/mol. The van der Waals surface area contributed by atoms with Gasteiger partial charge in [0.2, 0.25) is 0 Å². The molecule has 0 aliphatic rings. The van der Waals surface area contributed by atoms with Gasteiger partial charge in [0.15, 0.2) is 0 Å². The number of esters is 1. The highest BCUT2D eigenvalue weighted by atomic mass is 32.2. The molecule has 0 spiro atoms. The number of hydrogen-bond acceptors (Lipinski definition) is 6. The zero-order chi connectivity index (χ0) is 12.0. The maximum absolute atomic E-state index is 11.2. The Kier molecular flexibility index (Phi) is 4.73. The van der Waals surface area contributed by atoms with Gasteiger partial charge in [-0.15, -0.1) is 16.9 Å². The van der Waals surface area contributed by atoms with Gasteiger partial charge in [-0.3, -0.25) is 4.79 Å². The van der Waals surface area contributed by atoms with Gasteiger partial charge in [-0.05, 0) is 6.07 Å². The van der Waals surface area contributed by atoms with Crippen LogP contribution in [0, 0.1) is 17.2 Å². The minimum Gasteiger partial charge on any atom is -0.469 e. The fourth-order valence-corrected chi connectivity index (χ4v) is 1.90. The SMILES string of the molecule is COC(=O)C(C)CSc1nnccc1C#N. The van der Waals surface area contributed by atoms with E-state index >= 15 is 0 Å². The molecule has 0 saturated carbocycles. The summed E-state index contributed by atoms with van der Waals surface area (Å²) in [7, 11) is 1.35. The molecule has 84 valence electrons. The van der Waals surface area contributed by atoms with E-state index in [-0.39, 0.29) is 11.9 Å². The molecular formula is C10H11N3O2S. The number of methoxy groups -OCH3 is 1. The minimum absolute atomic E-state index is 0.233. The zero-order valence-electron chi connectivity index (χ0n) is 9.01. The van der Waals surface area contributed by atoms with Crippen LogP contribution in [-0.4, -0.2) is 29.0 Å². The molecule has 0 aliphatic carbocycles. The highest BCUT2D eigenvalue weighted by molar-refractivity contribution is 7.99. The lowest BCUT2D eigenvalue weighted by Crippen LogP contribution is -2.15. The third-order valence-corrected chi connectivity index (χ3v) is 3.12. The molecule has 16 heavy (non-hydrogen) atoms. The number of nitrogens with zero attached hydrogens (tertiary/aromatic N) is 3. The second-order valence-electron chi connectivity index (χ2n) is 3.10. The Bertz CT molecular complexity index is 417. The van der Waals surface area contributed by atoms with Crippen LogP contribution in [0.4, 0.5) is 0 Å². The molecule has 1 heterocycles. The maximum atomic E-state index is 11.2. The molecule has 1 aromatic heterocycles. The average Bonchev–Trinajstić information content (AvgIpc) is 2.35. The molecule has 1 atom stereocenters. The van der Waals surface area contributed by atoms with Gasteiger partial charge in [0.1, 0.15) is 11.1 Å². The van der Waals surface area contributed by atoms with Crippen molar-refractivity contribution in [2.24, 2.45) is 5.92 Å². The van der Waals surface area contributed by atoms with Crippen LogP contribution in [0.5, 0.6) is 0 Å². The monoisotopic (exact) mass is 237 g/mol. The van der Waals surface area contributed by atoms with E-state index in [4.69, 9.17) is 5.26 Å². The fourth-order valence-electron chi connectivity index (χ4n) is 0.984. The van der Waals surface area contributed by atoms with E-state index in [2.05, 4.69) is 14.9 Å². The van der Waals surface area contributed by atoms with Crippen LogP contribution in [0.25, 0.3) is 0 Å². The lowest BCUT2D eigenvalue weighted by molar-refractivity contribution is -0.143. The van der Waals surface area contributed by atoms with Gasteiger partial charge in [0.05, 0.1) is 24.8 Å². The van der Waals surface area contributed by atoms with Crippen molar-refractivity contribution in [1.29, 1.82) is 5.26 Å². The molecule has 1 rings (SSSR count). The van der Waals surface area contributed by atoms with Crippen molar-refractivity contribution in [3.63, 3.8) is 0 Å². The Hall–Kier alpha value is -1.61. The van der Waals surface area contributed by atoms with Crippen molar-refractivity contribution < 1.29 is 9.53 Å². The van der Waals surface area contributed by atoms with Crippen LogP contribution in [0.15, 0.2) is 17.3 Å². The van der Waals surface area contributed by atoms with E-state index in [0.717, 1.165) is 0 Å². The number of hydrogen-bond donors (Lipinski definition) is 0. The number of carbonyl (C=O) groups excluding carboxylic acids is 1. The predicted molar refractivity (Wildman–Crippen MR) is 58.7 cm³/mol. The Morgan fingerprint density at radius 1 is 1.75 bits per heavy atom. The first-order valence-electron chi connectivity index (χ1n) is 4.61. The molecule has 0 N–H and O–H groups in total. The Morgan fingerprint density at radius 2 is 2.50 bits per heavy atom. The minimum atomic E-state index is -0.269. The highest BCUT2D eigenvalue weighted by Crippen LogP contribution is 2.21. The lowest BCUT2D eigenvalue weighted by atomic mass is 10.2. The van der Waals surface area contributed by atoms with Gasteiger partial charge in [0, 0.05) is 5.75 Å². The molecule has 5 nitrogen and oxygen atoms in total. The predicted octanol–water partition coefficient (Wildman–Crippen LogP) is 1.25. The summed E-state index contributed by atoms with van der Waals surface area (Å²) in [5.74, 6) is 0.0125. The molecule has 0 bridgehead atoms. The van der Waals surface area contributed by atoms with Crippen molar-refractivity contribution in [2.75, 3.05) is 12.9 Å². The van der Waals surface area contributed by atoms with E-state index in [1.165, 1.54) is 25.1 Å². The van der Waals surface area contributed by atoms with E-state index in [9.17, 15) is 4.79 Å². The molecule has 0 fully saturated rings. The topological polar surface area (TPSA) is 75.9 Å². The van der Waals surface area contributed by atoms with Crippen molar-refractivity contribution >= 4 is 17.7 Å². The lowest BCUT2D eigenvalue weighted by Gasteiger charge is -2.07. The molecule has 6 heteroatoms. The number of aromatic nitrogens is 2. The largest absolute Gasteiger partial charge is 0.469 e. The summed E-state index contributed by atoms with van der Waals surface area (Å²) >= 11 is 1.33. The van der Waals surface area contributed by atoms with Gasteiger partial charge in [-0.1, -0.05) is 6.92 Å². The smallest absolute Gasteiger partial charge is 0.309 e. The van der Waals surface area contributed by atoms with E-state index in [1.807, 2.05) is 6.07 Å². The highest BCUT2D eigenvalue weighted by Gasteiger charge is 2.15. The first-order chi connectivity index (χ1) is 7.69. The van der Waals surface area contributed by atoms with Crippen molar-refractivity contribution in [3.8, 4) is 6.07 Å². The van der Waals surface area contributed by atoms with E-state index in [1.54, 1.807) is 13.0 Å². The molecule has 0 aromatic carbocycles. The summed E-state index contributed by atoms with van der Waals surface area (Å²) in [6, 6.07) is 3.62. The third kappa shape index (κ3) is 3.21. The third-order valence-electron chi connectivity index (χ3n) is 1.88. The first kappa shape index (κ1) is 12.5. The van der Waals surface area contributed by atoms with Crippen LogP contribution >= 0.6 is 11.8 Å². The van der Waals surface area contributed by atoms with Crippen molar-refractivity contribution in [1.82, 2.24) is 10.2 Å². The van der Waals surface area contributed by atoms with Crippen LogP contribution in [-0.2, 0) is 9.53 Å². The van der Waals surface area contributed by atoms with Gasteiger partial charge in [0.25, 0.3) is 0 Å². The van der Waals surface area contributed by atoms with Crippen LogP contribution < -0.4 is 0 Å². The molecule has 1 unspecified atom stereocenters. The summed E-state index contributed by atoms with van der Waals surface area (Å²) in [6.45, 7) is 1.77. The second kappa shape index (κ2) is 6.08. The summed E-state index contributed by atoms with van der Waals surface area (Å²) in [6.07, 6.45) is 1.46. The number of nitriles is 1. The first-order valence-corrected chi connectivity index (χ1v) is 5.60. The van der Waals surface area contributed by atoms with Crippen LogP contribution in [0.1, 0.15) is 12.5 Å². The second-order valence-corrected chi connectivity index (χ2v) is 4.11. The van der Waals surface area contributed by atoms with Gasteiger partial charge >= 0.3 is 5.97 Å². The number of ether oxygens (including phenoxy) is 1. The average molecular weight is 237 g/mol. The number of rotatable bonds is 4. The molecule has 1 aromatic rings.